The number of amides is 1. The Morgan fingerprint density at radius 1 is 1.21 bits per heavy atom. The van der Waals surface area contributed by atoms with E-state index in [1.165, 1.54) is 5.01 Å². The highest BCUT2D eigenvalue weighted by Gasteiger charge is 2.13. The van der Waals surface area contributed by atoms with Crippen molar-refractivity contribution >= 4 is 18.1 Å². The summed E-state index contributed by atoms with van der Waals surface area (Å²) in [7, 11) is 0. The van der Waals surface area contributed by atoms with Crippen LogP contribution in [-0.2, 0) is 6.54 Å². The highest BCUT2D eigenvalue weighted by Crippen LogP contribution is 2.18. The van der Waals surface area contributed by atoms with E-state index in [1.54, 1.807) is 12.1 Å². The Morgan fingerprint density at radius 3 is 2.46 bits per heavy atom. The number of rotatable bonds is 4. The SMILES string of the molecule is Cc1ccc(C(=O)N(N)Cc2ccc(-c3n[nH]c(=S)o3)cc2)cc1. The van der Waals surface area contributed by atoms with E-state index in [2.05, 4.69) is 10.2 Å². The molecule has 2 aromatic carbocycles. The third kappa shape index (κ3) is 3.58. The number of H-pyrrole nitrogens is 1. The lowest BCUT2D eigenvalue weighted by Gasteiger charge is -2.17. The van der Waals surface area contributed by atoms with Gasteiger partial charge in [0.25, 0.3) is 10.7 Å². The van der Waals surface area contributed by atoms with Gasteiger partial charge >= 0.3 is 0 Å². The zero-order valence-electron chi connectivity index (χ0n) is 13.0. The van der Waals surface area contributed by atoms with E-state index in [0.717, 1.165) is 16.7 Å². The van der Waals surface area contributed by atoms with Gasteiger partial charge in [0.1, 0.15) is 0 Å². The van der Waals surface area contributed by atoms with Crippen LogP contribution in [0.3, 0.4) is 0 Å². The largest absolute Gasteiger partial charge is 0.409 e. The standard InChI is InChI=1S/C17H16N4O2S/c1-11-2-6-14(7-3-11)16(22)21(18)10-12-4-8-13(9-5-12)15-19-20-17(24)23-15/h2-9H,10,18H2,1H3,(H,20,24). The Kier molecular flexibility index (Phi) is 4.54. The quantitative estimate of drug-likeness (QED) is 0.329. The second kappa shape index (κ2) is 6.77. The third-order valence-corrected chi connectivity index (χ3v) is 3.73. The van der Waals surface area contributed by atoms with Gasteiger partial charge in [-0.25, -0.2) is 10.9 Å². The maximum absolute atomic E-state index is 12.3. The van der Waals surface area contributed by atoms with Gasteiger partial charge < -0.3 is 4.42 Å². The zero-order chi connectivity index (χ0) is 17.1. The number of nitrogens with two attached hydrogens (primary N) is 1. The van der Waals surface area contributed by atoms with E-state index in [4.69, 9.17) is 22.5 Å². The molecule has 3 N–H and O–H groups in total. The topological polar surface area (TPSA) is 88.1 Å². The summed E-state index contributed by atoms with van der Waals surface area (Å²) < 4.78 is 5.26. The maximum Gasteiger partial charge on any atom is 0.284 e. The van der Waals surface area contributed by atoms with Gasteiger partial charge in [0, 0.05) is 11.1 Å². The molecule has 1 heterocycles. The lowest BCUT2D eigenvalue weighted by atomic mass is 10.1. The fourth-order valence-corrected chi connectivity index (χ4v) is 2.36. The lowest BCUT2D eigenvalue weighted by molar-refractivity contribution is 0.0743. The second-order valence-corrected chi connectivity index (χ2v) is 5.79. The van der Waals surface area contributed by atoms with Crippen LogP contribution in [0.5, 0.6) is 0 Å². The summed E-state index contributed by atoms with van der Waals surface area (Å²) in [6.07, 6.45) is 0. The molecule has 1 aromatic heterocycles. The number of carbonyl (C=O) groups excluding carboxylic acids is 1. The predicted octanol–water partition coefficient (Wildman–Crippen LogP) is 3.22. The van der Waals surface area contributed by atoms with Crippen LogP contribution in [0.25, 0.3) is 11.5 Å². The van der Waals surface area contributed by atoms with Gasteiger partial charge in [-0.05, 0) is 49.0 Å². The molecule has 0 spiro atoms. The number of hydrogen-bond donors (Lipinski definition) is 2. The average Bonchev–Trinajstić information content (AvgIpc) is 3.02. The normalized spacial score (nSPS) is 10.6. The minimum absolute atomic E-state index is 0.225. The third-order valence-electron chi connectivity index (χ3n) is 3.55. The van der Waals surface area contributed by atoms with Crippen LogP contribution in [0.2, 0.25) is 0 Å². The molecule has 0 aliphatic carbocycles. The number of carbonyl (C=O) groups is 1. The smallest absolute Gasteiger partial charge is 0.284 e. The van der Waals surface area contributed by atoms with Gasteiger partial charge in [-0.3, -0.25) is 9.80 Å². The van der Waals surface area contributed by atoms with Crippen molar-refractivity contribution in [1.29, 1.82) is 0 Å². The van der Waals surface area contributed by atoms with Gasteiger partial charge in [-0.2, -0.15) is 0 Å². The molecule has 122 valence electrons. The van der Waals surface area contributed by atoms with Crippen LogP contribution < -0.4 is 5.84 Å². The van der Waals surface area contributed by atoms with E-state index >= 15 is 0 Å². The fraction of sp³-hybridized carbons (Fsp3) is 0.118. The Bertz CT molecular complexity index is 897. The van der Waals surface area contributed by atoms with Crippen molar-refractivity contribution in [1.82, 2.24) is 15.2 Å². The first kappa shape index (κ1) is 16.1. The lowest BCUT2D eigenvalue weighted by Crippen LogP contribution is -2.36. The van der Waals surface area contributed by atoms with Crippen LogP contribution in [-0.4, -0.2) is 21.1 Å². The summed E-state index contributed by atoms with van der Waals surface area (Å²) in [4.78, 5) is 12.5. The van der Waals surface area contributed by atoms with Crippen LogP contribution >= 0.6 is 12.2 Å². The van der Waals surface area contributed by atoms with E-state index in [1.807, 2.05) is 43.3 Å². The first-order chi connectivity index (χ1) is 11.5. The first-order valence-electron chi connectivity index (χ1n) is 7.31. The van der Waals surface area contributed by atoms with E-state index < -0.39 is 0 Å². The molecule has 0 bridgehead atoms. The van der Waals surface area contributed by atoms with Gasteiger partial charge in [0.05, 0.1) is 6.54 Å². The number of hydrogen-bond acceptors (Lipinski definition) is 5. The van der Waals surface area contributed by atoms with Gasteiger partial charge in [-0.15, -0.1) is 5.10 Å². The maximum atomic E-state index is 12.3. The molecule has 3 aromatic rings. The fourth-order valence-electron chi connectivity index (χ4n) is 2.24. The van der Waals surface area contributed by atoms with Gasteiger partial charge in [0.15, 0.2) is 0 Å². The summed E-state index contributed by atoms with van der Waals surface area (Å²) in [5, 5.41) is 7.74. The predicted molar refractivity (Wildman–Crippen MR) is 92.4 cm³/mol. The van der Waals surface area contributed by atoms with E-state index in [9.17, 15) is 4.79 Å². The van der Waals surface area contributed by atoms with Crippen LogP contribution in [0, 0.1) is 11.8 Å². The minimum atomic E-state index is -0.225. The Morgan fingerprint density at radius 2 is 1.88 bits per heavy atom. The molecule has 0 unspecified atom stereocenters. The Hall–Kier alpha value is -2.77. The van der Waals surface area contributed by atoms with Crippen molar-refractivity contribution in [3.8, 4) is 11.5 Å². The van der Waals surface area contributed by atoms with E-state index in [-0.39, 0.29) is 10.7 Å². The summed E-state index contributed by atoms with van der Waals surface area (Å²) in [6.45, 7) is 2.27. The summed E-state index contributed by atoms with van der Waals surface area (Å²) in [6, 6.07) is 14.7. The zero-order valence-corrected chi connectivity index (χ0v) is 13.8. The Balaban J connectivity index is 1.70. The molecule has 1 amide bonds. The number of hydrazine groups is 1. The summed E-state index contributed by atoms with van der Waals surface area (Å²) in [5.41, 5.74) is 3.35. The number of aromatic nitrogens is 2. The van der Waals surface area contributed by atoms with Gasteiger partial charge in [0.2, 0.25) is 5.89 Å². The number of nitrogens with one attached hydrogen (secondary N) is 1. The average molecular weight is 340 g/mol. The monoisotopic (exact) mass is 340 g/mol. The number of nitrogens with zero attached hydrogens (tertiary/aromatic N) is 2. The summed E-state index contributed by atoms with van der Waals surface area (Å²) in [5.74, 6) is 6.10. The molecule has 0 saturated carbocycles. The van der Waals surface area contributed by atoms with Crippen molar-refractivity contribution < 1.29 is 9.21 Å². The van der Waals surface area contributed by atoms with Crippen molar-refractivity contribution in [3.05, 3.63) is 70.1 Å². The van der Waals surface area contributed by atoms with Crippen LogP contribution in [0.4, 0.5) is 0 Å². The second-order valence-electron chi connectivity index (χ2n) is 5.41. The van der Waals surface area contributed by atoms with Crippen molar-refractivity contribution in [2.24, 2.45) is 5.84 Å². The van der Waals surface area contributed by atoms with Crippen molar-refractivity contribution in [2.45, 2.75) is 13.5 Å². The molecule has 6 nitrogen and oxygen atoms in total. The highest BCUT2D eigenvalue weighted by atomic mass is 32.1. The van der Waals surface area contributed by atoms with Crippen LogP contribution in [0.1, 0.15) is 21.5 Å². The molecule has 0 fully saturated rings. The molecule has 7 heteroatoms. The molecular formula is C17H16N4O2S. The molecule has 0 radical (unpaired) electrons. The van der Waals surface area contributed by atoms with E-state index in [0.29, 0.717) is 18.0 Å². The Labute approximate surface area is 143 Å². The number of aryl methyl sites for hydroxylation is 1. The number of benzene rings is 2. The summed E-state index contributed by atoms with van der Waals surface area (Å²) >= 11 is 4.85. The molecule has 0 aliphatic rings. The molecule has 0 saturated heterocycles. The molecule has 0 atom stereocenters. The van der Waals surface area contributed by atoms with Crippen molar-refractivity contribution in [3.63, 3.8) is 0 Å². The minimum Gasteiger partial charge on any atom is -0.409 e. The van der Waals surface area contributed by atoms with Gasteiger partial charge in [-0.1, -0.05) is 29.8 Å². The molecular weight excluding hydrogens is 324 g/mol. The van der Waals surface area contributed by atoms with Crippen LogP contribution in [0.15, 0.2) is 52.9 Å². The molecule has 0 aliphatic heterocycles. The molecule has 24 heavy (non-hydrogen) atoms. The van der Waals surface area contributed by atoms with Crippen molar-refractivity contribution in [2.75, 3.05) is 0 Å². The highest BCUT2D eigenvalue weighted by molar-refractivity contribution is 7.71. The molecule has 3 rings (SSSR count). The first-order valence-corrected chi connectivity index (χ1v) is 7.72. The number of aromatic amines is 1.